The van der Waals surface area contributed by atoms with Crippen molar-refractivity contribution in [2.45, 2.75) is 18.6 Å². The molecule has 112 valence electrons. The highest BCUT2D eigenvalue weighted by Crippen LogP contribution is 2.31. The van der Waals surface area contributed by atoms with Crippen molar-refractivity contribution < 1.29 is 9.90 Å². The maximum Gasteiger partial charge on any atom is 0.270 e. The number of aliphatic hydroxyl groups excluding tert-OH is 1. The Balaban J connectivity index is 1.58. The predicted octanol–water partition coefficient (Wildman–Crippen LogP) is 0.919. The minimum atomic E-state index is -0.578. The van der Waals surface area contributed by atoms with Crippen molar-refractivity contribution >= 4 is 5.91 Å². The second-order valence-electron chi connectivity index (χ2n) is 5.69. The lowest BCUT2D eigenvalue weighted by molar-refractivity contribution is -0.119. The number of hydrogen-bond donors (Lipinski definition) is 3. The molecule has 2 heterocycles. The van der Waals surface area contributed by atoms with Gasteiger partial charge in [-0.15, -0.1) is 0 Å². The molecule has 3 N–H and O–H groups in total. The molecule has 1 aromatic carbocycles. The van der Waals surface area contributed by atoms with Gasteiger partial charge in [-0.3, -0.25) is 4.79 Å². The molecule has 2 atom stereocenters. The largest absolute Gasteiger partial charge is 0.390 e. The van der Waals surface area contributed by atoms with Crippen LogP contribution in [0.4, 0.5) is 0 Å². The third kappa shape index (κ3) is 2.02. The second-order valence-corrected chi connectivity index (χ2v) is 5.69. The van der Waals surface area contributed by atoms with Gasteiger partial charge in [0.1, 0.15) is 5.70 Å². The van der Waals surface area contributed by atoms with Crippen LogP contribution in [0.3, 0.4) is 0 Å². The summed E-state index contributed by atoms with van der Waals surface area (Å²) < 4.78 is 0. The summed E-state index contributed by atoms with van der Waals surface area (Å²) in [6, 6.07) is 7.50. The Morgan fingerprint density at radius 2 is 2.18 bits per heavy atom. The number of aliphatic hydroxyl groups is 1. The predicted molar refractivity (Wildman–Crippen MR) is 82.2 cm³/mol. The van der Waals surface area contributed by atoms with Gasteiger partial charge in [-0.05, 0) is 23.3 Å². The SMILES string of the molecule is O=C(N[C@H]1c2ccccc2C[C@H]1O)C1=C2C=CC=CN2CN1. The molecule has 3 aliphatic rings. The molecule has 0 radical (unpaired) electrons. The van der Waals surface area contributed by atoms with E-state index in [9.17, 15) is 9.90 Å². The van der Waals surface area contributed by atoms with Gasteiger partial charge >= 0.3 is 0 Å². The lowest BCUT2D eigenvalue weighted by Gasteiger charge is -2.19. The molecule has 4 rings (SSSR count). The molecular formula is C17H17N3O2. The molecule has 5 nitrogen and oxygen atoms in total. The molecule has 0 aromatic heterocycles. The molecule has 0 bridgehead atoms. The highest BCUT2D eigenvalue weighted by atomic mass is 16.3. The lowest BCUT2D eigenvalue weighted by Crippen LogP contribution is -2.37. The van der Waals surface area contributed by atoms with Crippen molar-refractivity contribution in [1.82, 2.24) is 15.5 Å². The number of carbonyl (C=O) groups is 1. The van der Waals surface area contributed by atoms with E-state index in [0.29, 0.717) is 18.8 Å². The van der Waals surface area contributed by atoms with Gasteiger partial charge in [0.25, 0.3) is 5.91 Å². The fraction of sp³-hybridized carbons (Fsp3) is 0.235. The van der Waals surface area contributed by atoms with Crippen LogP contribution in [0.2, 0.25) is 0 Å². The summed E-state index contributed by atoms with van der Waals surface area (Å²) in [6.45, 7) is 0.586. The first-order valence-corrected chi connectivity index (χ1v) is 7.40. The van der Waals surface area contributed by atoms with Crippen LogP contribution in [0.15, 0.2) is 60.1 Å². The molecular weight excluding hydrogens is 278 g/mol. The summed E-state index contributed by atoms with van der Waals surface area (Å²) >= 11 is 0. The zero-order valence-electron chi connectivity index (χ0n) is 12.0. The van der Waals surface area contributed by atoms with E-state index in [0.717, 1.165) is 16.8 Å². The number of carbonyl (C=O) groups excluding carboxylic acids is 1. The lowest BCUT2D eigenvalue weighted by atomic mass is 10.1. The summed E-state index contributed by atoms with van der Waals surface area (Å²) in [5, 5.41) is 16.3. The summed E-state index contributed by atoms with van der Waals surface area (Å²) in [5.41, 5.74) is 3.51. The third-order valence-corrected chi connectivity index (χ3v) is 4.34. The highest BCUT2D eigenvalue weighted by Gasteiger charge is 2.34. The number of nitrogens with zero attached hydrogens (tertiary/aromatic N) is 1. The van der Waals surface area contributed by atoms with Gasteiger partial charge in [0, 0.05) is 12.6 Å². The van der Waals surface area contributed by atoms with Crippen molar-refractivity contribution in [3.63, 3.8) is 0 Å². The average molecular weight is 295 g/mol. The van der Waals surface area contributed by atoms with Crippen molar-refractivity contribution in [3.05, 3.63) is 71.2 Å². The second kappa shape index (κ2) is 5.03. The standard InChI is InChI=1S/C17H17N3O2/c21-14-9-11-5-1-2-6-12(11)15(14)19-17(22)16-13-7-3-4-8-20(13)10-18-16/h1-8,14-15,18,21H,9-10H2,(H,19,22)/t14-,15+/m1/s1. The number of allylic oxidation sites excluding steroid dienone is 3. The minimum Gasteiger partial charge on any atom is -0.390 e. The minimum absolute atomic E-state index is 0.182. The molecule has 0 unspecified atom stereocenters. The number of amides is 1. The number of fused-ring (bicyclic) bond motifs is 2. The van der Waals surface area contributed by atoms with E-state index in [1.54, 1.807) is 0 Å². The van der Waals surface area contributed by atoms with E-state index in [4.69, 9.17) is 0 Å². The Bertz CT molecular complexity index is 720. The molecule has 22 heavy (non-hydrogen) atoms. The average Bonchev–Trinajstić information content (AvgIpc) is 3.09. The monoisotopic (exact) mass is 295 g/mol. The molecule has 0 fully saturated rings. The Hall–Kier alpha value is -2.53. The van der Waals surface area contributed by atoms with E-state index in [1.807, 2.05) is 53.6 Å². The Kier molecular flexibility index (Phi) is 3.01. The van der Waals surface area contributed by atoms with Crippen molar-refractivity contribution in [1.29, 1.82) is 0 Å². The first-order valence-electron chi connectivity index (χ1n) is 7.40. The van der Waals surface area contributed by atoms with Crippen LogP contribution in [0.25, 0.3) is 0 Å². The van der Waals surface area contributed by atoms with Gasteiger partial charge < -0.3 is 20.6 Å². The van der Waals surface area contributed by atoms with Crippen molar-refractivity contribution in [2.75, 3.05) is 6.67 Å². The first-order chi connectivity index (χ1) is 10.7. The zero-order valence-corrected chi connectivity index (χ0v) is 12.0. The van der Waals surface area contributed by atoms with E-state index in [2.05, 4.69) is 10.6 Å². The summed E-state index contributed by atoms with van der Waals surface area (Å²) in [4.78, 5) is 14.6. The quantitative estimate of drug-likeness (QED) is 0.759. The molecule has 1 aromatic rings. The van der Waals surface area contributed by atoms with Crippen LogP contribution in [0.5, 0.6) is 0 Å². The van der Waals surface area contributed by atoms with Crippen LogP contribution in [-0.2, 0) is 11.2 Å². The Morgan fingerprint density at radius 3 is 3.09 bits per heavy atom. The summed E-state index contributed by atoms with van der Waals surface area (Å²) in [5.74, 6) is -0.182. The van der Waals surface area contributed by atoms with Crippen molar-refractivity contribution in [2.24, 2.45) is 0 Å². The fourth-order valence-corrected chi connectivity index (χ4v) is 3.25. The highest BCUT2D eigenvalue weighted by molar-refractivity contribution is 5.95. The fourth-order valence-electron chi connectivity index (χ4n) is 3.25. The van der Waals surface area contributed by atoms with Crippen LogP contribution >= 0.6 is 0 Å². The van der Waals surface area contributed by atoms with E-state index in [-0.39, 0.29) is 11.9 Å². The summed E-state index contributed by atoms with van der Waals surface area (Å²) in [7, 11) is 0. The van der Waals surface area contributed by atoms with Crippen LogP contribution in [0.1, 0.15) is 17.2 Å². The Morgan fingerprint density at radius 1 is 1.32 bits per heavy atom. The van der Waals surface area contributed by atoms with Crippen molar-refractivity contribution in [3.8, 4) is 0 Å². The summed E-state index contributed by atoms with van der Waals surface area (Å²) in [6.07, 6.45) is 7.69. The molecule has 5 heteroatoms. The van der Waals surface area contributed by atoms with Gasteiger partial charge in [-0.25, -0.2) is 0 Å². The number of nitrogens with one attached hydrogen (secondary N) is 2. The number of hydrogen-bond acceptors (Lipinski definition) is 4. The maximum absolute atomic E-state index is 12.6. The van der Waals surface area contributed by atoms with Crippen LogP contribution in [-0.4, -0.2) is 28.7 Å². The van der Waals surface area contributed by atoms with E-state index in [1.165, 1.54) is 0 Å². The van der Waals surface area contributed by atoms with E-state index >= 15 is 0 Å². The molecule has 0 saturated carbocycles. The molecule has 0 spiro atoms. The van der Waals surface area contributed by atoms with Crippen LogP contribution < -0.4 is 10.6 Å². The molecule has 0 saturated heterocycles. The Labute approximate surface area is 128 Å². The van der Waals surface area contributed by atoms with Gasteiger partial charge in [0.05, 0.1) is 24.5 Å². The first kappa shape index (κ1) is 13.2. The molecule has 1 aliphatic carbocycles. The van der Waals surface area contributed by atoms with Gasteiger partial charge in [-0.1, -0.05) is 30.3 Å². The molecule has 2 aliphatic heterocycles. The smallest absolute Gasteiger partial charge is 0.270 e. The normalized spacial score (nSPS) is 25.0. The van der Waals surface area contributed by atoms with Gasteiger partial charge in [-0.2, -0.15) is 0 Å². The van der Waals surface area contributed by atoms with E-state index < -0.39 is 6.10 Å². The number of benzene rings is 1. The third-order valence-electron chi connectivity index (χ3n) is 4.34. The van der Waals surface area contributed by atoms with Crippen LogP contribution in [0, 0.1) is 0 Å². The van der Waals surface area contributed by atoms with Gasteiger partial charge in [0.2, 0.25) is 0 Å². The zero-order chi connectivity index (χ0) is 15.1. The molecule has 1 amide bonds. The van der Waals surface area contributed by atoms with Gasteiger partial charge in [0.15, 0.2) is 0 Å². The number of rotatable bonds is 2. The topological polar surface area (TPSA) is 64.6 Å². The maximum atomic E-state index is 12.6.